The summed E-state index contributed by atoms with van der Waals surface area (Å²) in [5.41, 5.74) is 1.10. The lowest BCUT2D eigenvalue weighted by Crippen LogP contribution is -1.97. The van der Waals surface area contributed by atoms with Gasteiger partial charge in [-0.15, -0.1) is 0 Å². The summed E-state index contributed by atoms with van der Waals surface area (Å²) < 4.78 is 10.8. The SMILES string of the molecule is CC[CH]OCc1ccccc1OCC. The summed E-state index contributed by atoms with van der Waals surface area (Å²) in [6.45, 7) is 7.12. The highest BCUT2D eigenvalue weighted by molar-refractivity contribution is 5.32. The van der Waals surface area contributed by atoms with Gasteiger partial charge in [-0.3, -0.25) is 0 Å². The molecule has 0 aromatic heterocycles. The number of hydrogen-bond acceptors (Lipinski definition) is 2. The lowest BCUT2D eigenvalue weighted by atomic mass is 10.2. The summed E-state index contributed by atoms with van der Waals surface area (Å²) in [7, 11) is 0. The Labute approximate surface area is 85.8 Å². The molecule has 0 spiro atoms. The van der Waals surface area contributed by atoms with Crippen LogP contribution in [-0.4, -0.2) is 6.61 Å². The first-order valence-corrected chi connectivity index (χ1v) is 5.02. The first kappa shape index (κ1) is 11.1. The summed E-state index contributed by atoms with van der Waals surface area (Å²) in [6.07, 6.45) is 0.927. The van der Waals surface area contributed by atoms with Crippen LogP contribution in [0.2, 0.25) is 0 Å². The van der Waals surface area contributed by atoms with E-state index >= 15 is 0 Å². The monoisotopic (exact) mass is 193 g/mol. The average Bonchev–Trinajstić information content (AvgIpc) is 2.21. The van der Waals surface area contributed by atoms with Crippen LogP contribution in [0.15, 0.2) is 24.3 Å². The van der Waals surface area contributed by atoms with Crippen molar-refractivity contribution in [2.24, 2.45) is 0 Å². The van der Waals surface area contributed by atoms with Crippen LogP contribution in [0.5, 0.6) is 5.75 Å². The summed E-state index contributed by atoms with van der Waals surface area (Å²) in [5.74, 6) is 0.916. The third kappa shape index (κ3) is 3.38. The van der Waals surface area contributed by atoms with Crippen molar-refractivity contribution in [3.05, 3.63) is 36.4 Å². The van der Waals surface area contributed by atoms with E-state index in [-0.39, 0.29) is 0 Å². The number of para-hydroxylation sites is 1. The van der Waals surface area contributed by atoms with Gasteiger partial charge in [-0.1, -0.05) is 25.1 Å². The van der Waals surface area contributed by atoms with Gasteiger partial charge < -0.3 is 9.47 Å². The van der Waals surface area contributed by atoms with Crippen molar-refractivity contribution >= 4 is 0 Å². The molecule has 0 heterocycles. The van der Waals surface area contributed by atoms with Crippen molar-refractivity contribution in [2.45, 2.75) is 26.9 Å². The third-order valence-electron chi connectivity index (χ3n) is 1.80. The highest BCUT2D eigenvalue weighted by Gasteiger charge is 2.01. The fourth-order valence-corrected chi connectivity index (χ4v) is 1.19. The first-order chi connectivity index (χ1) is 6.88. The molecule has 2 heteroatoms. The van der Waals surface area contributed by atoms with E-state index in [0.717, 1.165) is 17.7 Å². The molecule has 1 aromatic carbocycles. The topological polar surface area (TPSA) is 18.5 Å². The molecular formula is C12H17O2. The molecule has 1 radical (unpaired) electrons. The Morgan fingerprint density at radius 3 is 2.71 bits per heavy atom. The molecule has 0 amide bonds. The Bertz CT molecular complexity index is 258. The predicted molar refractivity (Wildman–Crippen MR) is 57.0 cm³/mol. The molecule has 77 valence electrons. The van der Waals surface area contributed by atoms with E-state index in [0.29, 0.717) is 13.2 Å². The molecule has 0 fully saturated rings. The predicted octanol–water partition coefficient (Wildman–Crippen LogP) is 3.17. The Morgan fingerprint density at radius 2 is 2.00 bits per heavy atom. The second kappa shape index (κ2) is 6.44. The van der Waals surface area contributed by atoms with Gasteiger partial charge in [0.2, 0.25) is 0 Å². The number of ether oxygens (including phenoxy) is 2. The highest BCUT2D eigenvalue weighted by Crippen LogP contribution is 2.18. The first-order valence-electron chi connectivity index (χ1n) is 5.02. The van der Waals surface area contributed by atoms with E-state index in [1.54, 1.807) is 0 Å². The molecular weight excluding hydrogens is 176 g/mol. The molecule has 0 aliphatic heterocycles. The van der Waals surface area contributed by atoms with Crippen LogP contribution in [0.1, 0.15) is 25.8 Å². The molecule has 0 atom stereocenters. The summed E-state index contributed by atoms with van der Waals surface area (Å²) in [6, 6.07) is 7.95. The van der Waals surface area contributed by atoms with Gasteiger partial charge in [0.1, 0.15) is 5.75 Å². The minimum atomic E-state index is 0.587. The fraction of sp³-hybridized carbons (Fsp3) is 0.417. The molecule has 1 aromatic rings. The lowest BCUT2D eigenvalue weighted by Gasteiger charge is -2.09. The van der Waals surface area contributed by atoms with Crippen LogP contribution in [0.25, 0.3) is 0 Å². The zero-order valence-electron chi connectivity index (χ0n) is 8.82. The van der Waals surface area contributed by atoms with E-state index in [9.17, 15) is 0 Å². The largest absolute Gasteiger partial charge is 0.494 e. The minimum absolute atomic E-state index is 0.587. The van der Waals surface area contributed by atoms with E-state index in [1.807, 2.05) is 37.8 Å². The van der Waals surface area contributed by atoms with Crippen molar-refractivity contribution in [1.29, 1.82) is 0 Å². The fourth-order valence-electron chi connectivity index (χ4n) is 1.19. The second-order valence-corrected chi connectivity index (χ2v) is 2.93. The molecule has 0 aliphatic rings. The smallest absolute Gasteiger partial charge is 0.124 e. The van der Waals surface area contributed by atoms with Crippen molar-refractivity contribution in [2.75, 3.05) is 6.61 Å². The van der Waals surface area contributed by atoms with Gasteiger partial charge in [0.05, 0.1) is 19.8 Å². The summed E-state index contributed by atoms with van der Waals surface area (Å²) in [4.78, 5) is 0. The molecule has 0 N–H and O–H groups in total. The molecule has 0 saturated carbocycles. The molecule has 14 heavy (non-hydrogen) atoms. The Kier molecular flexibility index (Phi) is 5.08. The summed E-state index contributed by atoms with van der Waals surface area (Å²) >= 11 is 0. The van der Waals surface area contributed by atoms with Crippen LogP contribution in [0.3, 0.4) is 0 Å². The highest BCUT2D eigenvalue weighted by atomic mass is 16.5. The zero-order chi connectivity index (χ0) is 10.2. The molecule has 0 saturated heterocycles. The van der Waals surface area contributed by atoms with Crippen LogP contribution >= 0.6 is 0 Å². The molecule has 2 nitrogen and oxygen atoms in total. The number of rotatable bonds is 6. The maximum Gasteiger partial charge on any atom is 0.124 e. The average molecular weight is 193 g/mol. The van der Waals surface area contributed by atoms with Gasteiger partial charge in [-0.2, -0.15) is 0 Å². The van der Waals surface area contributed by atoms with Gasteiger partial charge >= 0.3 is 0 Å². The maximum atomic E-state index is 5.47. The van der Waals surface area contributed by atoms with Crippen molar-refractivity contribution in [1.82, 2.24) is 0 Å². The second-order valence-electron chi connectivity index (χ2n) is 2.93. The van der Waals surface area contributed by atoms with Gasteiger partial charge in [0.15, 0.2) is 0 Å². The zero-order valence-corrected chi connectivity index (χ0v) is 8.82. The molecule has 0 unspecified atom stereocenters. The van der Waals surface area contributed by atoms with Crippen LogP contribution in [-0.2, 0) is 11.3 Å². The van der Waals surface area contributed by atoms with Crippen molar-refractivity contribution in [3.63, 3.8) is 0 Å². The normalized spacial score (nSPS) is 10.1. The summed E-state index contributed by atoms with van der Waals surface area (Å²) in [5, 5.41) is 0. The minimum Gasteiger partial charge on any atom is -0.494 e. The number of benzene rings is 1. The molecule has 1 rings (SSSR count). The molecule has 0 aliphatic carbocycles. The Hall–Kier alpha value is -1.02. The van der Waals surface area contributed by atoms with Gasteiger partial charge in [-0.25, -0.2) is 0 Å². The van der Waals surface area contributed by atoms with Crippen LogP contribution < -0.4 is 4.74 Å². The van der Waals surface area contributed by atoms with Crippen molar-refractivity contribution < 1.29 is 9.47 Å². The Morgan fingerprint density at radius 1 is 1.21 bits per heavy atom. The van der Waals surface area contributed by atoms with Crippen LogP contribution in [0.4, 0.5) is 0 Å². The van der Waals surface area contributed by atoms with Crippen molar-refractivity contribution in [3.8, 4) is 5.75 Å². The Balaban J connectivity index is 2.55. The maximum absolute atomic E-state index is 5.47. The number of hydrogen-bond donors (Lipinski definition) is 0. The van der Waals surface area contributed by atoms with E-state index in [4.69, 9.17) is 9.47 Å². The standard InChI is InChI=1S/C12H17O2/c1-3-9-13-10-11-7-5-6-8-12(11)14-4-2/h5-9H,3-4,10H2,1-2H3. The van der Waals surface area contributed by atoms with E-state index in [2.05, 4.69) is 6.92 Å². The third-order valence-corrected chi connectivity index (χ3v) is 1.80. The van der Waals surface area contributed by atoms with Gasteiger partial charge in [-0.05, 0) is 19.4 Å². The molecule has 0 bridgehead atoms. The van der Waals surface area contributed by atoms with Crippen LogP contribution in [0, 0.1) is 6.61 Å². The van der Waals surface area contributed by atoms with Gasteiger partial charge in [0, 0.05) is 5.56 Å². The van der Waals surface area contributed by atoms with E-state index < -0.39 is 0 Å². The quantitative estimate of drug-likeness (QED) is 0.646. The van der Waals surface area contributed by atoms with E-state index in [1.165, 1.54) is 0 Å². The van der Waals surface area contributed by atoms with Gasteiger partial charge in [0.25, 0.3) is 0 Å². The lowest BCUT2D eigenvalue weighted by molar-refractivity contribution is 0.176.